The van der Waals surface area contributed by atoms with E-state index in [1.165, 1.54) is 12.3 Å². The molecule has 5 heteroatoms. The molecule has 2 heterocycles. The first kappa shape index (κ1) is 10.7. The minimum Gasteiger partial charge on any atom is -0.506 e. The highest BCUT2D eigenvalue weighted by Gasteiger charge is 2.09. The fourth-order valence-corrected chi connectivity index (χ4v) is 1.96. The Balaban J connectivity index is 2.24. The molecule has 3 rings (SSSR count). The number of fused-ring (bicyclic) bond motifs is 1. The van der Waals surface area contributed by atoms with Crippen molar-refractivity contribution in [2.45, 2.75) is 0 Å². The number of nitrogens with zero attached hydrogens (tertiary/aromatic N) is 3. The van der Waals surface area contributed by atoms with Crippen LogP contribution in [0.1, 0.15) is 0 Å². The van der Waals surface area contributed by atoms with E-state index in [9.17, 15) is 9.50 Å². The van der Waals surface area contributed by atoms with Crippen molar-refractivity contribution >= 4 is 10.9 Å². The van der Waals surface area contributed by atoms with E-state index in [0.717, 1.165) is 5.39 Å². The molecule has 0 aliphatic carbocycles. The largest absolute Gasteiger partial charge is 0.506 e. The number of benzene rings is 1. The highest BCUT2D eigenvalue weighted by atomic mass is 19.1. The molecule has 0 amide bonds. The number of halogens is 1. The predicted octanol–water partition coefficient (Wildman–Crippen LogP) is 2.48. The molecule has 18 heavy (non-hydrogen) atoms. The molecule has 2 aromatic heterocycles. The van der Waals surface area contributed by atoms with Crippen molar-refractivity contribution in [2.24, 2.45) is 7.05 Å². The van der Waals surface area contributed by atoms with Crippen LogP contribution in [0.25, 0.3) is 22.0 Å². The summed E-state index contributed by atoms with van der Waals surface area (Å²) in [7, 11) is 1.75. The molecule has 0 fully saturated rings. The van der Waals surface area contributed by atoms with Gasteiger partial charge in [-0.1, -0.05) is 0 Å². The van der Waals surface area contributed by atoms with Gasteiger partial charge in [0.1, 0.15) is 11.3 Å². The fraction of sp³-hybridized carbons (Fsp3) is 0.0769. The van der Waals surface area contributed by atoms with E-state index in [1.54, 1.807) is 30.2 Å². The average Bonchev–Trinajstić information content (AvgIpc) is 2.70. The summed E-state index contributed by atoms with van der Waals surface area (Å²) in [6.07, 6.45) is 4.66. The van der Waals surface area contributed by atoms with Crippen molar-refractivity contribution < 1.29 is 9.50 Å². The third-order valence-electron chi connectivity index (χ3n) is 2.73. The monoisotopic (exact) mass is 243 g/mol. The van der Waals surface area contributed by atoms with Crippen molar-refractivity contribution in [1.82, 2.24) is 14.8 Å². The van der Waals surface area contributed by atoms with Crippen molar-refractivity contribution in [3.05, 3.63) is 42.6 Å². The highest BCUT2D eigenvalue weighted by molar-refractivity contribution is 5.84. The molecule has 0 spiro atoms. The van der Waals surface area contributed by atoms with Crippen LogP contribution < -0.4 is 0 Å². The number of aromatic hydroxyl groups is 1. The molecule has 0 aliphatic heterocycles. The van der Waals surface area contributed by atoms with Crippen LogP contribution >= 0.6 is 0 Å². The molecule has 1 N–H and O–H groups in total. The van der Waals surface area contributed by atoms with Crippen LogP contribution in [0.4, 0.5) is 4.39 Å². The van der Waals surface area contributed by atoms with E-state index < -0.39 is 0 Å². The Morgan fingerprint density at radius 1 is 1.17 bits per heavy atom. The average molecular weight is 243 g/mol. The van der Waals surface area contributed by atoms with Crippen LogP contribution in [0.3, 0.4) is 0 Å². The Kier molecular flexibility index (Phi) is 2.26. The van der Waals surface area contributed by atoms with Gasteiger partial charge in [-0.2, -0.15) is 5.10 Å². The van der Waals surface area contributed by atoms with Crippen LogP contribution in [0.5, 0.6) is 5.75 Å². The molecule has 3 aromatic rings. The maximum absolute atomic E-state index is 13.9. The van der Waals surface area contributed by atoms with Crippen molar-refractivity contribution in [3.8, 4) is 16.9 Å². The normalized spacial score (nSPS) is 11.0. The number of hydrogen-bond acceptors (Lipinski definition) is 3. The summed E-state index contributed by atoms with van der Waals surface area (Å²) in [5.74, 6) is -0.328. The van der Waals surface area contributed by atoms with E-state index in [-0.39, 0.29) is 11.6 Å². The van der Waals surface area contributed by atoms with Gasteiger partial charge >= 0.3 is 0 Å². The molecular formula is C13H10FN3O. The van der Waals surface area contributed by atoms with E-state index in [2.05, 4.69) is 10.1 Å². The Labute approximate surface area is 102 Å². The maximum atomic E-state index is 13.9. The van der Waals surface area contributed by atoms with E-state index in [4.69, 9.17) is 0 Å². The number of hydrogen-bond donors (Lipinski definition) is 1. The molecule has 0 atom stereocenters. The third-order valence-corrected chi connectivity index (χ3v) is 2.73. The van der Waals surface area contributed by atoms with Crippen molar-refractivity contribution in [2.75, 3.05) is 0 Å². The first-order valence-corrected chi connectivity index (χ1v) is 5.41. The molecule has 0 radical (unpaired) electrons. The van der Waals surface area contributed by atoms with Gasteiger partial charge in [-0.15, -0.1) is 0 Å². The topological polar surface area (TPSA) is 50.9 Å². The van der Waals surface area contributed by atoms with Gasteiger partial charge < -0.3 is 5.11 Å². The number of aryl methyl sites for hydroxylation is 1. The lowest BCUT2D eigenvalue weighted by Gasteiger charge is -2.02. The Morgan fingerprint density at radius 2 is 2.00 bits per heavy atom. The lowest BCUT2D eigenvalue weighted by Crippen LogP contribution is -1.87. The fourth-order valence-electron chi connectivity index (χ4n) is 1.96. The maximum Gasteiger partial charge on any atom is 0.151 e. The molecule has 0 saturated heterocycles. The van der Waals surface area contributed by atoms with Crippen LogP contribution in [0.2, 0.25) is 0 Å². The zero-order valence-corrected chi connectivity index (χ0v) is 9.63. The Bertz CT molecular complexity index is 736. The summed E-state index contributed by atoms with van der Waals surface area (Å²) in [6.45, 7) is 0. The predicted molar refractivity (Wildman–Crippen MR) is 65.6 cm³/mol. The van der Waals surface area contributed by atoms with Crippen LogP contribution in [-0.2, 0) is 7.05 Å². The summed E-state index contributed by atoms with van der Waals surface area (Å²) in [5, 5.41) is 14.1. The highest BCUT2D eigenvalue weighted by Crippen LogP contribution is 2.27. The quantitative estimate of drug-likeness (QED) is 0.714. The smallest absolute Gasteiger partial charge is 0.151 e. The van der Waals surface area contributed by atoms with Crippen LogP contribution in [0.15, 0.2) is 36.8 Å². The molecule has 4 nitrogen and oxygen atoms in total. The van der Waals surface area contributed by atoms with Gasteiger partial charge in [-0.3, -0.25) is 9.67 Å². The molecule has 0 saturated carbocycles. The van der Waals surface area contributed by atoms with Gasteiger partial charge in [-0.25, -0.2) is 4.39 Å². The van der Waals surface area contributed by atoms with Gasteiger partial charge in [0.25, 0.3) is 0 Å². The second kappa shape index (κ2) is 3.80. The molecular weight excluding hydrogens is 233 g/mol. The number of pyridine rings is 1. The van der Waals surface area contributed by atoms with E-state index in [0.29, 0.717) is 16.6 Å². The zero-order valence-electron chi connectivity index (χ0n) is 9.63. The summed E-state index contributed by atoms with van der Waals surface area (Å²) < 4.78 is 15.5. The van der Waals surface area contributed by atoms with Crippen molar-refractivity contribution in [1.29, 1.82) is 0 Å². The van der Waals surface area contributed by atoms with E-state index in [1.807, 2.05) is 6.07 Å². The standard InChI is InChI=1S/C13H10FN3O/c1-17-7-10-2-8(4-12(14)13(10)16-17)9-3-11(18)6-15-5-9/h2-7,18H,1H3. The molecule has 1 aromatic carbocycles. The molecule has 0 aliphatic rings. The van der Waals surface area contributed by atoms with E-state index >= 15 is 0 Å². The first-order chi connectivity index (χ1) is 8.63. The lowest BCUT2D eigenvalue weighted by molar-refractivity contribution is 0.473. The minimum atomic E-state index is -0.383. The van der Waals surface area contributed by atoms with Gasteiger partial charge in [0, 0.05) is 30.4 Å². The van der Waals surface area contributed by atoms with Crippen LogP contribution in [-0.4, -0.2) is 19.9 Å². The van der Waals surface area contributed by atoms with Gasteiger partial charge in [0.2, 0.25) is 0 Å². The van der Waals surface area contributed by atoms with Crippen molar-refractivity contribution in [3.63, 3.8) is 0 Å². The molecule has 0 bridgehead atoms. The van der Waals surface area contributed by atoms with Gasteiger partial charge in [0.05, 0.1) is 6.20 Å². The first-order valence-electron chi connectivity index (χ1n) is 5.41. The minimum absolute atomic E-state index is 0.0548. The third kappa shape index (κ3) is 1.69. The second-order valence-corrected chi connectivity index (χ2v) is 4.13. The Morgan fingerprint density at radius 3 is 2.78 bits per heavy atom. The summed E-state index contributed by atoms with van der Waals surface area (Å²) in [5.41, 5.74) is 1.67. The number of rotatable bonds is 1. The van der Waals surface area contributed by atoms with Crippen LogP contribution in [0, 0.1) is 5.82 Å². The number of aromatic nitrogens is 3. The molecule has 90 valence electrons. The molecule has 0 unspecified atom stereocenters. The van der Waals surface area contributed by atoms with Gasteiger partial charge in [0.15, 0.2) is 5.82 Å². The zero-order chi connectivity index (χ0) is 12.7. The summed E-state index contributed by atoms with van der Waals surface area (Å²) in [6, 6.07) is 4.76. The second-order valence-electron chi connectivity index (χ2n) is 4.13. The summed E-state index contributed by atoms with van der Waals surface area (Å²) >= 11 is 0. The van der Waals surface area contributed by atoms with Gasteiger partial charge in [-0.05, 0) is 23.8 Å². The Hall–Kier alpha value is -2.43. The SMILES string of the molecule is Cn1cc2cc(-c3cncc(O)c3)cc(F)c2n1. The lowest BCUT2D eigenvalue weighted by atomic mass is 10.1. The summed E-state index contributed by atoms with van der Waals surface area (Å²) in [4.78, 5) is 3.88.